The molecular weight excluding hydrogens is 524 g/mol. The Bertz CT molecular complexity index is 903. The first-order valence-corrected chi connectivity index (χ1v) is 16.8. The fraction of sp³-hybridized carbons (Fsp3) is 0.771. The first-order valence-electron chi connectivity index (χ1n) is 16.8. The standard InChI is InChI=1S/C26H43N3O.C9H19NO2/c1-6-8-10-11-21(3)13-16-29-20-22(4)19-27-26(29)25(12-9-7-2)24-14-17-28(18-15-24)23(5)30;1-7(11)9-3-5-10(6-4-9)8(2)12/h8,10-11,22H,6-7,9,12-20H2,1-5H3;7-9,11-12H,3-6H2,1-2H3/b10-8-,21-11+;/t22-;7?,8-/m10/s1. The summed E-state index contributed by atoms with van der Waals surface area (Å²) >= 11 is 0. The fourth-order valence-corrected chi connectivity index (χ4v) is 6.08. The fourth-order valence-electron chi connectivity index (χ4n) is 6.08. The van der Waals surface area contributed by atoms with Gasteiger partial charge in [0.25, 0.3) is 0 Å². The number of carbonyl (C=O) groups is 1. The van der Waals surface area contributed by atoms with E-state index in [1.165, 1.54) is 35.4 Å². The molecule has 0 spiro atoms. The molecule has 3 aliphatic heterocycles. The first-order chi connectivity index (χ1) is 20.1. The highest BCUT2D eigenvalue weighted by Gasteiger charge is 2.27. The molecular formula is C35H62N4O3. The van der Waals surface area contributed by atoms with Gasteiger partial charge in [0, 0.05) is 52.7 Å². The zero-order valence-electron chi connectivity index (χ0n) is 27.9. The molecule has 240 valence electrons. The van der Waals surface area contributed by atoms with Crippen molar-refractivity contribution in [1.29, 1.82) is 0 Å². The number of likely N-dealkylation sites (tertiary alicyclic amines) is 2. The Morgan fingerprint density at radius 1 is 1.05 bits per heavy atom. The van der Waals surface area contributed by atoms with Gasteiger partial charge in [-0.2, -0.15) is 0 Å². The van der Waals surface area contributed by atoms with Gasteiger partial charge in [0.2, 0.25) is 5.91 Å². The van der Waals surface area contributed by atoms with E-state index in [-0.39, 0.29) is 18.2 Å². The average Bonchev–Trinajstić information content (AvgIpc) is 2.97. The third-order valence-corrected chi connectivity index (χ3v) is 8.99. The molecule has 2 fully saturated rings. The number of hydrogen-bond donors (Lipinski definition) is 2. The van der Waals surface area contributed by atoms with Crippen LogP contribution in [-0.2, 0) is 4.79 Å². The lowest BCUT2D eigenvalue weighted by molar-refractivity contribution is -0.129. The zero-order valence-corrected chi connectivity index (χ0v) is 27.9. The van der Waals surface area contributed by atoms with Gasteiger partial charge < -0.3 is 20.0 Å². The minimum absolute atomic E-state index is 0.193. The van der Waals surface area contributed by atoms with Crippen LogP contribution in [0.2, 0.25) is 0 Å². The summed E-state index contributed by atoms with van der Waals surface area (Å²) in [7, 11) is 0. The molecule has 2 N–H and O–H groups in total. The van der Waals surface area contributed by atoms with Crippen LogP contribution in [0, 0.1) is 11.8 Å². The number of piperidine rings is 2. The summed E-state index contributed by atoms with van der Waals surface area (Å²) in [6.45, 7) is 20.9. The topological polar surface area (TPSA) is 79.6 Å². The van der Waals surface area contributed by atoms with E-state index in [0.717, 1.165) is 90.8 Å². The minimum atomic E-state index is -0.333. The number of amidine groups is 1. The molecule has 0 saturated carbocycles. The second-order valence-electron chi connectivity index (χ2n) is 12.8. The maximum Gasteiger partial charge on any atom is 0.219 e. The molecule has 0 aromatic carbocycles. The molecule has 0 bridgehead atoms. The molecule has 0 radical (unpaired) electrons. The second kappa shape index (κ2) is 19.3. The SMILES string of the molecule is CC(O)C1CCN([C@H](C)O)CC1.CC/C=C\C=C(/C)CCN1C[C@H](C)CN=C1C(CCCC)=C1CCN(C(C)=O)CC1. The molecule has 7 nitrogen and oxygen atoms in total. The van der Waals surface area contributed by atoms with Crippen LogP contribution >= 0.6 is 0 Å². The van der Waals surface area contributed by atoms with E-state index in [0.29, 0.717) is 11.8 Å². The van der Waals surface area contributed by atoms with Crippen molar-refractivity contribution in [1.82, 2.24) is 14.7 Å². The number of rotatable bonds is 11. The van der Waals surface area contributed by atoms with Gasteiger partial charge in [0.05, 0.1) is 6.10 Å². The highest BCUT2D eigenvalue weighted by Crippen LogP contribution is 2.28. The smallest absolute Gasteiger partial charge is 0.219 e. The molecule has 3 heterocycles. The first kappa shape index (κ1) is 36.2. The van der Waals surface area contributed by atoms with Crippen molar-refractivity contribution in [2.24, 2.45) is 16.8 Å². The van der Waals surface area contributed by atoms with Crippen LogP contribution in [0.1, 0.15) is 106 Å². The number of aliphatic hydroxyl groups is 2. The number of aliphatic hydroxyl groups excluding tert-OH is 2. The highest BCUT2D eigenvalue weighted by atomic mass is 16.3. The monoisotopic (exact) mass is 586 g/mol. The average molecular weight is 587 g/mol. The van der Waals surface area contributed by atoms with Gasteiger partial charge in [-0.05, 0) is 89.5 Å². The summed E-state index contributed by atoms with van der Waals surface area (Å²) in [4.78, 5) is 23.4. The van der Waals surface area contributed by atoms with Gasteiger partial charge >= 0.3 is 0 Å². The van der Waals surface area contributed by atoms with Crippen LogP contribution in [0.5, 0.6) is 0 Å². The van der Waals surface area contributed by atoms with Gasteiger partial charge in [-0.25, -0.2) is 0 Å². The number of carbonyl (C=O) groups excluding carboxylic acids is 1. The summed E-state index contributed by atoms with van der Waals surface area (Å²) < 4.78 is 0. The van der Waals surface area contributed by atoms with Crippen molar-refractivity contribution >= 4 is 11.7 Å². The Hall–Kier alpha value is -1.96. The van der Waals surface area contributed by atoms with Gasteiger partial charge in [0.1, 0.15) is 12.1 Å². The van der Waals surface area contributed by atoms with Crippen LogP contribution in [-0.4, -0.2) is 94.8 Å². The summed E-state index contributed by atoms with van der Waals surface area (Å²) in [5.41, 5.74) is 4.45. The Morgan fingerprint density at radius 3 is 2.26 bits per heavy atom. The van der Waals surface area contributed by atoms with E-state index in [1.54, 1.807) is 13.8 Å². The zero-order chi connectivity index (χ0) is 31.1. The van der Waals surface area contributed by atoms with E-state index in [2.05, 4.69) is 50.8 Å². The van der Waals surface area contributed by atoms with E-state index < -0.39 is 0 Å². The maximum absolute atomic E-state index is 11.7. The molecule has 1 amide bonds. The third kappa shape index (κ3) is 12.3. The second-order valence-corrected chi connectivity index (χ2v) is 12.8. The van der Waals surface area contributed by atoms with Crippen molar-refractivity contribution in [2.45, 2.75) is 119 Å². The Labute approximate surface area is 257 Å². The molecule has 7 heteroatoms. The van der Waals surface area contributed by atoms with Gasteiger partial charge in [-0.3, -0.25) is 14.7 Å². The molecule has 3 aliphatic rings. The summed E-state index contributed by atoms with van der Waals surface area (Å²) in [5, 5.41) is 18.6. The van der Waals surface area contributed by atoms with E-state index in [1.807, 2.05) is 16.7 Å². The molecule has 3 atom stereocenters. The van der Waals surface area contributed by atoms with Crippen LogP contribution in [0.15, 0.2) is 39.9 Å². The molecule has 2 saturated heterocycles. The molecule has 42 heavy (non-hydrogen) atoms. The predicted octanol–water partition coefficient (Wildman–Crippen LogP) is 6.19. The molecule has 0 aromatic rings. The van der Waals surface area contributed by atoms with Gasteiger partial charge in [-0.15, -0.1) is 0 Å². The van der Waals surface area contributed by atoms with Gasteiger partial charge in [0.15, 0.2) is 0 Å². The normalized spacial score (nSPS) is 22.5. The van der Waals surface area contributed by atoms with Crippen molar-refractivity contribution < 1.29 is 15.0 Å². The molecule has 0 aromatic heterocycles. The van der Waals surface area contributed by atoms with E-state index in [9.17, 15) is 15.0 Å². The van der Waals surface area contributed by atoms with E-state index >= 15 is 0 Å². The quantitative estimate of drug-likeness (QED) is 0.283. The number of hydrogen-bond acceptors (Lipinski definition) is 6. The van der Waals surface area contributed by atoms with Crippen molar-refractivity contribution in [2.75, 3.05) is 45.8 Å². The van der Waals surface area contributed by atoms with Crippen molar-refractivity contribution in [3.8, 4) is 0 Å². The lowest BCUT2D eigenvalue weighted by Gasteiger charge is -2.36. The predicted molar refractivity (Wildman–Crippen MR) is 177 cm³/mol. The molecule has 0 aliphatic carbocycles. The van der Waals surface area contributed by atoms with Crippen LogP contribution < -0.4 is 0 Å². The molecule has 1 unspecified atom stereocenters. The Balaban J connectivity index is 0.000000428. The lowest BCUT2D eigenvalue weighted by Crippen LogP contribution is -2.42. The number of amides is 1. The summed E-state index contributed by atoms with van der Waals surface area (Å²) in [6.07, 6.45) is 15.8. The van der Waals surface area contributed by atoms with Crippen LogP contribution in [0.4, 0.5) is 0 Å². The number of unbranched alkanes of at least 4 members (excludes halogenated alkanes) is 1. The summed E-state index contributed by atoms with van der Waals surface area (Å²) in [5.74, 6) is 2.49. The van der Waals surface area contributed by atoms with E-state index in [4.69, 9.17) is 4.99 Å². The van der Waals surface area contributed by atoms with Crippen molar-refractivity contribution in [3.63, 3.8) is 0 Å². The van der Waals surface area contributed by atoms with Crippen LogP contribution in [0.3, 0.4) is 0 Å². The van der Waals surface area contributed by atoms with Gasteiger partial charge in [-0.1, -0.05) is 56.6 Å². The summed E-state index contributed by atoms with van der Waals surface area (Å²) in [6, 6.07) is 0. The Kier molecular flexibility index (Phi) is 16.7. The third-order valence-electron chi connectivity index (χ3n) is 8.99. The number of aliphatic imine (C=N–C) groups is 1. The molecule has 3 rings (SSSR count). The van der Waals surface area contributed by atoms with Crippen LogP contribution in [0.25, 0.3) is 0 Å². The largest absolute Gasteiger partial charge is 0.393 e. The number of allylic oxidation sites excluding steroid dienone is 3. The van der Waals surface area contributed by atoms with Crippen molar-refractivity contribution in [3.05, 3.63) is 34.9 Å². The Morgan fingerprint density at radius 2 is 1.71 bits per heavy atom. The minimum Gasteiger partial charge on any atom is -0.393 e. The highest BCUT2D eigenvalue weighted by molar-refractivity contribution is 5.99. The number of nitrogens with zero attached hydrogens (tertiary/aromatic N) is 4. The maximum atomic E-state index is 11.7. The lowest BCUT2D eigenvalue weighted by atomic mass is 9.92.